The highest BCUT2D eigenvalue weighted by Gasteiger charge is 2.13. The van der Waals surface area contributed by atoms with Crippen LogP contribution in [0, 0.1) is 18.3 Å². The maximum absolute atomic E-state index is 12.0. The van der Waals surface area contributed by atoms with E-state index in [0.717, 1.165) is 5.56 Å². The average Bonchev–Trinajstić information content (AvgIpc) is 2.69. The van der Waals surface area contributed by atoms with Crippen molar-refractivity contribution in [2.24, 2.45) is 7.05 Å². The molecule has 0 aliphatic rings. The van der Waals surface area contributed by atoms with Crippen LogP contribution in [0.2, 0.25) is 0 Å². The number of anilines is 1. The first-order chi connectivity index (χ1) is 8.60. The third-order valence-electron chi connectivity index (χ3n) is 2.50. The first kappa shape index (κ1) is 11.9. The van der Waals surface area contributed by atoms with Crippen LogP contribution < -0.4 is 5.32 Å². The van der Waals surface area contributed by atoms with E-state index in [-0.39, 0.29) is 5.91 Å². The molecule has 5 nitrogen and oxygen atoms in total. The molecule has 0 aliphatic carbocycles. The predicted octanol–water partition coefficient (Wildman–Crippen LogP) is 1.85. The maximum Gasteiger partial charge on any atom is 0.276 e. The summed E-state index contributed by atoms with van der Waals surface area (Å²) in [4.78, 5) is 12.0. The fourth-order valence-corrected chi connectivity index (χ4v) is 1.65. The van der Waals surface area contributed by atoms with Crippen molar-refractivity contribution in [3.05, 3.63) is 47.3 Å². The number of nitrogens with zero attached hydrogens (tertiary/aromatic N) is 3. The van der Waals surface area contributed by atoms with Crippen LogP contribution >= 0.6 is 0 Å². The molecule has 0 bridgehead atoms. The zero-order valence-corrected chi connectivity index (χ0v) is 10.1. The summed E-state index contributed by atoms with van der Waals surface area (Å²) in [5.74, 6) is -0.252. The van der Waals surface area contributed by atoms with Crippen molar-refractivity contribution in [3.8, 4) is 6.07 Å². The molecule has 1 aromatic carbocycles. The Hall–Kier alpha value is -2.61. The Labute approximate surface area is 105 Å². The fraction of sp³-hybridized carbons (Fsp3) is 0.154. The van der Waals surface area contributed by atoms with E-state index in [1.807, 2.05) is 13.0 Å². The Bertz CT molecular complexity index is 619. The highest BCUT2D eigenvalue weighted by atomic mass is 16.1. The molecule has 0 atom stereocenters. The Kier molecular flexibility index (Phi) is 3.11. The topological polar surface area (TPSA) is 70.7 Å². The van der Waals surface area contributed by atoms with Crippen molar-refractivity contribution in [3.63, 3.8) is 0 Å². The molecule has 18 heavy (non-hydrogen) atoms. The van der Waals surface area contributed by atoms with Gasteiger partial charge in [0.2, 0.25) is 0 Å². The van der Waals surface area contributed by atoms with Gasteiger partial charge in [0.1, 0.15) is 0 Å². The second kappa shape index (κ2) is 4.72. The number of hydrogen-bond acceptors (Lipinski definition) is 3. The molecule has 0 unspecified atom stereocenters. The molecule has 2 rings (SSSR count). The molecule has 1 amide bonds. The van der Waals surface area contributed by atoms with Crippen molar-refractivity contribution in [2.75, 3.05) is 5.32 Å². The Morgan fingerprint density at radius 3 is 2.56 bits per heavy atom. The number of benzene rings is 1. The molecule has 0 aliphatic heterocycles. The fourth-order valence-electron chi connectivity index (χ4n) is 1.65. The van der Waals surface area contributed by atoms with Crippen molar-refractivity contribution in [1.29, 1.82) is 5.26 Å². The van der Waals surface area contributed by atoms with Crippen molar-refractivity contribution >= 4 is 11.6 Å². The number of aromatic nitrogens is 2. The number of hydrogen-bond donors (Lipinski definition) is 1. The summed E-state index contributed by atoms with van der Waals surface area (Å²) in [6, 6.07) is 8.71. The summed E-state index contributed by atoms with van der Waals surface area (Å²) >= 11 is 0. The lowest BCUT2D eigenvalue weighted by Gasteiger charge is -2.03. The molecule has 5 heteroatoms. The first-order valence-corrected chi connectivity index (χ1v) is 5.42. The van der Waals surface area contributed by atoms with Gasteiger partial charge in [-0.25, -0.2) is 0 Å². The van der Waals surface area contributed by atoms with E-state index < -0.39 is 0 Å². The lowest BCUT2D eigenvalue weighted by molar-refractivity contribution is 0.102. The third-order valence-corrected chi connectivity index (χ3v) is 2.50. The summed E-state index contributed by atoms with van der Waals surface area (Å²) in [5, 5.41) is 15.5. The van der Waals surface area contributed by atoms with Crippen molar-refractivity contribution < 1.29 is 4.79 Å². The second-order valence-electron chi connectivity index (χ2n) is 3.98. The quantitative estimate of drug-likeness (QED) is 0.870. The normalized spacial score (nSPS) is 9.83. The average molecular weight is 240 g/mol. The highest BCUT2D eigenvalue weighted by Crippen LogP contribution is 2.12. The molecule has 0 radical (unpaired) electrons. The number of carbonyl (C=O) groups excluding carboxylic acids is 1. The third kappa shape index (κ3) is 2.38. The van der Waals surface area contributed by atoms with Crippen LogP contribution in [-0.2, 0) is 7.05 Å². The van der Waals surface area contributed by atoms with E-state index >= 15 is 0 Å². The minimum Gasteiger partial charge on any atom is -0.321 e. The van der Waals surface area contributed by atoms with E-state index in [4.69, 9.17) is 5.26 Å². The molecule has 2 aromatic rings. The van der Waals surface area contributed by atoms with Crippen LogP contribution in [0.3, 0.4) is 0 Å². The maximum atomic E-state index is 12.0. The molecule has 1 N–H and O–H groups in total. The molecule has 0 saturated heterocycles. The number of amides is 1. The smallest absolute Gasteiger partial charge is 0.276 e. The van der Waals surface area contributed by atoms with E-state index in [2.05, 4.69) is 10.4 Å². The standard InChI is InChI=1S/C13H12N4O/c1-9-8-17(2)16-12(9)13(18)15-11-5-3-10(7-14)4-6-11/h3-6,8H,1-2H3,(H,15,18). The van der Waals surface area contributed by atoms with Crippen LogP contribution in [0.5, 0.6) is 0 Å². The van der Waals surface area contributed by atoms with Gasteiger partial charge in [-0.3, -0.25) is 9.48 Å². The van der Waals surface area contributed by atoms with Crippen LogP contribution in [-0.4, -0.2) is 15.7 Å². The lowest BCUT2D eigenvalue weighted by Crippen LogP contribution is -2.14. The lowest BCUT2D eigenvalue weighted by atomic mass is 10.2. The number of carbonyl (C=O) groups is 1. The molecule has 1 aromatic heterocycles. The summed E-state index contributed by atoms with van der Waals surface area (Å²) in [7, 11) is 1.77. The first-order valence-electron chi connectivity index (χ1n) is 5.42. The van der Waals surface area contributed by atoms with Gasteiger partial charge in [-0.05, 0) is 31.2 Å². The number of nitriles is 1. The van der Waals surface area contributed by atoms with Crippen molar-refractivity contribution in [1.82, 2.24) is 9.78 Å². The van der Waals surface area contributed by atoms with Gasteiger partial charge in [0, 0.05) is 24.5 Å². The zero-order chi connectivity index (χ0) is 13.1. The SMILES string of the molecule is Cc1cn(C)nc1C(=O)Nc1ccc(C#N)cc1. The molecule has 1 heterocycles. The van der Waals surface area contributed by atoms with Crippen LogP contribution in [0.1, 0.15) is 21.6 Å². The van der Waals surface area contributed by atoms with Gasteiger partial charge in [0.25, 0.3) is 5.91 Å². The Morgan fingerprint density at radius 2 is 2.06 bits per heavy atom. The van der Waals surface area contributed by atoms with Crippen LogP contribution in [0.15, 0.2) is 30.5 Å². The van der Waals surface area contributed by atoms with E-state index in [0.29, 0.717) is 16.9 Å². The number of aryl methyl sites for hydroxylation is 2. The van der Waals surface area contributed by atoms with E-state index in [1.165, 1.54) is 0 Å². The van der Waals surface area contributed by atoms with Crippen LogP contribution in [0.4, 0.5) is 5.69 Å². The molecule has 0 fully saturated rings. The monoisotopic (exact) mass is 240 g/mol. The van der Waals surface area contributed by atoms with Gasteiger partial charge in [-0.15, -0.1) is 0 Å². The summed E-state index contributed by atoms with van der Waals surface area (Å²) in [5.41, 5.74) is 2.43. The van der Waals surface area contributed by atoms with Crippen molar-refractivity contribution in [2.45, 2.75) is 6.92 Å². The zero-order valence-electron chi connectivity index (χ0n) is 10.1. The summed E-state index contributed by atoms with van der Waals surface area (Å²) in [6.07, 6.45) is 1.79. The number of rotatable bonds is 2. The van der Waals surface area contributed by atoms with Gasteiger partial charge in [-0.1, -0.05) is 0 Å². The van der Waals surface area contributed by atoms with Gasteiger partial charge in [-0.2, -0.15) is 10.4 Å². The van der Waals surface area contributed by atoms with Gasteiger partial charge < -0.3 is 5.32 Å². The molecular formula is C13H12N4O. The van der Waals surface area contributed by atoms with E-state index in [9.17, 15) is 4.79 Å². The predicted molar refractivity (Wildman–Crippen MR) is 67.1 cm³/mol. The van der Waals surface area contributed by atoms with Gasteiger partial charge in [0.05, 0.1) is 11.6 Å². The molecule has 90 valence electrons. The van der Waals surface area contributed by atoms with Crippen LogP contribution in [0.25, 0.3) is 0 Å². The van der Waals surface area contributed by atoms with Gasteiger partial charge in [0.15, 0.2) is 5.69 Å². The Balaban J connectivity index is 2.16. The van der Waals surface area contributed by atoms with Gasteiger partial charge >= 0.3 is 0 Å². The number of nitrogens with one attached hydrogen (secondary N) is 1. The summed E-state index contributed by atoms with van der Waals surface area (Å²) < 4.78 is 1.60. The highest BCUT2D eigenvalue weighted by molar-refractivity contribution is 6.03. The minimum absolute atomic E-state index is 0.252. The molecule has 0 spiro atoms. The molecular weight excluding hydrogens is 228 g/mol. The molecule has 0 saturated carbocycles. The van der Waals surface area contributed by atoms with E-state index in [1.54, 1.807) is 42.2 Å². The second-order valence-corrected chi connectivity index (χ2v) is 3.98. The summed E-state index contributed by atoms with van der Waals surface area (Å²) in [6.45, 7) is 1.83. The Morgan fingerprint density at radius 1 is 1.39 bits per heavy atom. The minimum atomic E-state index is -0.252. The largest absolute Gasteiger partial charge is 0.321 e.